The molecule has 138 valence electrons. The first-order valence-electron chi connectivity index (χ1n) is 9.79. The molecule has 4 aliphatic rings. The van der Waals surface area contributed by atoms with Crippen LogP contribution in [0.2, 0.25) is 0 Å². The molecule has 0 spiro atoms. The zero-order valence-corrected chi connectivity index (χ0v) is 15.5. The predicted molar refractivity (Wildman–Crippen MR) is 93.7 cm³/mol. The summed E-state index contributed by atoms with van der Waals surface area (Å²) < 4.78 is 0. The van der Waals surface area contributed by atoms with E-state index in [1.807, 2.05) is 13.0 Å². The van der Waals surface area contributed by atoms with Gasteiger partial charge in [0.2, 0.25) is 0 Å². The molecule has 25 heavy (non-hydrogen) atoms. The van der Waals surface area contributed by atoms with Crippen LogP contribution in [-0.4, -0.2) is 33.5 Å². The van der Waals surface area contributed by atoms with Crippen LogP contribution in [0, 0.1) is 28.6 Å². The Kier molecular flexibility index (Phi) is 3.66. The highest BCUT2D eigenvalue weighted by molar-refractivity contribution is 5.91. The fourth-order valence-electron chi connectivity index (χ4n) is 7.21. The molecule has 0 aromatic heterocycles. The number of hydrogen-bond donors (Lipinski definition) is 2. The smallest absolute Gasteiger partial charge is 0.161 e. The summed E-state index contributed by atoms with van der Waals surface area (Å²) >= 11 is 0. The summed E-state index contributed by atoms with van der Waals surface area (Å²) in [6.07, 6.45) is 6.53. The van der Waals surface area contributed by atoms with Crippen molar-refractivity contribution in [1.82, 2.24) is 0 Å². The number of Topliss-reactive ketones (excluding diaryl/α,β-unsaturated/α-hetero) is 1. The van der Waals surface area contributed by atoms with Crippen LogP contribution in [0.5, 0.6) is 0 Å². The number of carbonyl (C=O) groups is 2. The van der Waals surface area contributed by atoms with Gasteiger partial charge in [-0.1, -0.05) is 19.4 Å². The van der Waals surface area contributed by atoms with E-state index in [0.29, 0.717) is 18.3 Å². The molecule has 0 amide bonds. The Balaban J connectivity index is 1.74. The zero-order valence-electron chi connectivity index (χ0n) is 15.5. The molecule has 0 saturated heterocycles. The van der Waals surface area contributed by atoms with Crippen molar-refractivity contribution < 1.29 is 19.8 Å². The molecule has 0 aliphatic heterocycles. The van der Waals surface area contributed by atoms with Crippen molar-refractivity contribution in [3.63, 3.8) is 0 Å². The van der Waals surface area contributed by atoms with Gasteiger partial charge in [-0.15, -0.1) is 0 Å². The molecule has 3 saturated carbocycles. The Morgan fingerprint density at radius 3 is 2.60 bits per heavy atom. The van der Waals surface area contributed by atoms with Gasteiger partial charge < -0.3 is 10.2 Å². The quantitative estimate of drug-likeness (QED) is 0.766. The summed E-state index contributed by atoms with van der Waals surface area (Å²) in [6.45, 7) is 5.77. The lowest BCUT2D eigenvalue weighted by atomic mass is 9.46. The highest BCUT2D eigenvalue weighted by atomic mass is 16.3. The number of aliphatic hydroxyl groups is 2. The lowest BCUT2D eigenvalue weighted by molar-refractivity contribution is -0.161. The second-order valence-corrected chi connectivity index (χ2v) is 9.53. The molecule has 2 N–H and O–H groups in total. The monoisotopic (exact) mass is 346 g/mol. The van der Waals surface area contributed by atoms with Crippen molar-refractivity contribution in [3.8, 4) is 0 Å². The number of aliphatic hydroxyl groups excluding tert-OH is 1. The predicted octanol–water partition coefficient (Wildman–Crippen LogP) is 2.81. The Bertz CT molecular complexity index is 667. The molecule has 0 radical (unpaired) electrons. The fourth-order valence-corrected chi connectivity index (χ4v) is 7.21. The number of ketones is 2. The summed E-state index contributed by atoms with van der Waals surface area (Å²) in [5.41, 5.74) is -0.610. The highest BCUT2D eigenvalue weighted by Crippen LogP contribution is 2.67. The van der Waals surface area contributed by atoms with Gasteiger partial charge in [0.05, 0.1) is 6.10 Å². The van der Waals surface area contributed by atoms with E-state index >= 15 is 0 Å². The standard InChI is InChI=1S/C21H30O4/c1-12(22)21(25)11-17(24)18-15-5-4-13-10-14(23)6-8-19(13,2)16(15)7-9-20(18,21)3/h10,15-18,24-25H,4-9,11H2,1-3H3/t15-,16+,17?,18-,19+,20+,21+/m1/s1. The molecule has 0 aromatic rings. The van der Waals surface area contributed by atoms with Gasteiger partial charge in [-0.25, -0.2) is 0 Å². The maximum atomic E-state index is 12.3. The van der Waals surface area contributed by atoms with Crippen LogP contribution in [0.4, 0.5) is 0 Å². The topological polar surface area (TPSA) is 74.6 Å². The molecule has 7 atom stereocenters. The molecule has 3 fully saturated rings. The molecule has 4 aliphatic carbocycles. The van der Waals surface area contributed by atoms with E-state index in [4.69, 9.17) is 0 Å². The second-order valence-electron chi connectivity index (χ2n) is 9.53. The molecule has 4 rings (SSSR count). The normalized spacial score (nSPS) is 52.0. The lowest BCUT2D eigenvalue weighted by Gasteiger charge is -2.59. The van der Waals surface area contributed by atoms with Crippen LogP contribution in [-0.2, 0) is 9.59 Å². The average molecular weight is 346 g/mol. The first-order chi connectivity index (χ1) is 11.6. The van der Waals surface area contributed by atoms with Crippen molar-refractivity contribution in [2.45, 2.75) is 77.4 Å². The number of hydrogen-bond acceptors (Lipinski definition) is 4. The molecular formula is C21H30O4. The van der Waals surface area contributed by atoms with Gasteiger partial charge in [0.1, 0.15) is 5.60 Å². The third-order valence-corrected chi connectivity index (χ3v) is 8.66. The van der Waals surface area contributed by atoms with E-state index in [9.17, 15) is 19.8 Å². The minimum Gasteiger partial charge on any atom is -0.393 e. The first kappa shape index (κ1) is 17.4. The SMILES string of the molecule is CC(=O)[C@@]1(O)CC(O)[C@H]2[C@@H]3CCC4=CC(=O)CC[C@]4(C)[C@H]3CC[C@@]21C. The van der Waals surface area contributed by atoms with E-state index in [-0.39, 0.29) is 29.3 Å². The van der Waals surface area contributed by atoms with E-state index in [1.165, 1.54) is 12.5 Å². The Hall–Kier alpha value is -1.00. The van der Waals surface area contributed by atoms with Gasteiger partial charge >= 0.3 is 0 Å². The van der Waals surface area contributed by atoms with Crippen LogP contribution in [0.1, 0.15) is 65.7 Å². The van der Waals surface area contributed by atoms with Crippen LogP contribution < -0.4 is 0 Å². The second kappa shape index (κ2) is 5.26. The molecule has 0 heterocycles. The summed E-state index contributed by atoms with van der Waals surface area (Å²) in [4.78, 5) is 24.1. The van der Waals surface area contributed by atoms with Gasteiger partial charge in [-0.3, -0.25) is 9.59 Å². The van der Waals surface area contributed by atoms with Gasteiger partial charge in [0.25, 0.3) is 0 Å². The third kappa shape index (κ3) is 2.07. The fraction of sp³-hybridized carbons (Fsp3) is 0.810. The minimum absolute atomic E-state index is 0.0313. The number of rotatable bonds is 1. The molecular weight excluding hydrogens is 316 g/mol. The Labute approximate surface area is 149 Å². The summed E-state index contributed by atoms with van der Waals surface area (Å²) in [7, 11) is 0. The van der Waals surface area contributed by atoms with E-state index in [0.717, 1.165) is 32.1 Å². The summed E-state index contributed by atoms with van der Waals surface area (Å²) in [6, 6.07) is 0. The number of fused-ring (bicyclic) bond motifs is 5. The van der Waals surface area contributed by atoms with Crippen molar-refractivity contribution in [2.75, 3.05) is 0 Å². The van der Waals surface area contributed by atoms with Crippen molar-refractivity contribution in [2.24, 2.45) is 28.6 Å². The van der Waals surface area contributed by atoms with Crippen LogP contribution in [0.25, 0.3) is 0 Å². The first-order valence-corrected chi connectivity index (χ1v) is 9.79. The number of carbonyl (C=O) groups excluding carboxylic acids is 2. The average Bonchev–Trinajstić information content (AvgIpc) is 2.75. The molecule has 0 bridgehead atoms. The molecule has 1 unspecified atom stereocenters. The number of allylic oxidation sites excluding steroid dienone is 1. The lowest BCUT2D eigenvalue weighted by Crippen LogP contribution is -2.57. The van der Waals surface area contributed by atoms with Crippen molar-refractivity contribution in [1.29, 1.82) is 0 Å². The third-order valence-electron chi connectivity index (χ3n) is 8.66. The minimum atomic E-state index is -1.40. The van der Waals surface area contributed by atoms with Crippen LogP contribution in [0.15, 0.2) is 11.6 Å². The van der Waals surface area contributed by atoms with Gasteiger partial charge in [0, 0.05) is 18.3 Å². The molecule has 4 nitrogen and oxygen atoms in total. The summed E-state index contributed by atoms with van der Waals surface area (Å²) in [5.74, 6) is 0.760. The zero-order chi connectivity index (χ0) is 18.2. The van der Waals surface area contributed by atoms with Gasteiger partial charge in [0.15, 0.2) is 11.6 Å². The van der Waals surface area contributed by atoms with Gasteiger partial charge in [-0.05, 0) is 68.3 Å². The van der Waals surface area contributed by atoms with Crippen molar-refractivity contribution >= 4 is 11.6 Å². The van der Waals surface area contributed by atoms with Crippen LogP contribution in [0.3, 0.4) is 0 Å². The van der Waals surface area contributed by atoms with Crippen LogP contribution >= 0.6 is 0 Å². The molecule has 0 aromatic carbocycles. The maximum absolute atomic E-state index is 12.3. The van der Waals surface area contributed by atoms with E-state index in [2.05, 4.69) is 6.92 Å². The van der Waals surface area contributed by atoms with Gasteiger partial charge in [-0.2, -0.15) is 0 Å². The Morgan fingerprint density at radius 1 is 1.20 bits per heavy atom. The highest BCUT2D eigenvalue weighted by Gasteiger charge is 2.68. The summed E-state index contributed by atoms with van der Waals surface area (Å²) in [5, 5.41) is 22.0. The maximum Gasteiger partial charge on any atom is 0.161 e. The van der Waals surface area contributed by atoms with E-state index < -0.39 is 17.1 Å². The largest absolute Gasteiger partial charge is 0.393 e. The molecule has 4 heteroatoms. The van der Waals surface area contributed by atoms with E-state index in [1.54, 1.807) is 0 Å². The van der Waals surface area contributed by atoms with Crippen molar-refractivity contribution in [3.05, 3.63) is 11.6 Å². The Morgan fingerprint density at radius 2 is 1.92 bits per heavy atom.